The summed E-state index contributed by atoms with van der Waals surface area (Å²) in [6.07, 6.45) is 1.65. The molecule has 2 aromatic rings. The maximum atomic E-state index is 12.7. The smallest absolute Gasteiger partial charge is 0.323 e. The van der Waals surface area contributed by atoms with Crippen molar-refractivity contribution in [3.63, 3.8) is 0 Å². The fourth-order valence-electron chi connectivity index (χ4n) is 2.77. The second-order valence-corrected chi connectivity index (χ2v) is 6.46. The number of benzene rings is 1. The molecular formula is C17H22N4O3. The summed E-state index contributed by atoms with van der Waals surface area (Å²) in [6, 6.07) is 7.24. The second kappa shape index (κ2) is 6.07. The summed E-state index contributed by atoms with van der Waals surface area (Å²) in [5.41, 5.74) is 0.433. The van der Waals surface area contributed by atoms with Crippen molar-refractivity contribution in [3.8, 4) is 11.5 Å². The van der Waals surface area contributed by atoms with E-state index in [9.17, 15) is 4.79 Å². The van der Waals surface area contributed by atoms with Gasteiger partial charge in [-0.3, -0.25) is 10.00 Å². The first kappa shape index (κ1) is 16.2. The molecule has 7 nitrogen and oxygen atoms in total. The van der Waals surface area contributed by atoms with Crippen LogP contribution in [0.25, 0.3) is 0 Å². The fraction of sp³-hybridized carbons (Fsp3) is 0.412. The Kier molecular flexibility index (Phi) is 4.09. The molecule has 0 atom stereocenters. The van der Waals surface area contributed by atoms with Gasteiger partial charge in [0.1, 0.15) is 22.9 Å². The van der Waals surface area contributed by atoms with Crippen molar-refractivity contribution in [2.24, 2.45) is 7.05 Å². The summed E-state index contributed by atoms with van der Waals surface area (Å²) in [5, 5.41) is 6.95. The molecule has 3 rings (SSSR count). The van der Waals surface area contributed by atoms with Crippen molar-refractivity contribution in [2.75, 3.05) is 19.0 Å². The van der Waals surface area contributed by atoms with E-state index in [0.29, 0.717) is 18.9 Å². The lowest BCUT2D eigenvalue weighted by Crippen LogP contribution is -2.45. The minimum absolute atomic E-state index is 0.182. The van der Waals surface area contributed by atoms with Gasteiger partial charge >= 0.3 is 6.03 Å². The number of ether oxygens (including phenoxy) is 2. The van der Waals surface area contributed by atoms with Gasteiger partial charge in [-0.15, -0.1) is 0 Å². The topological polar surface area (TPSA) is 68.6 Å². The molecule has 0 aliphatic carbocycles. The molecule has 0 unspecified atom stereocenters. The molecule has 1 aliphatic rings. The number of nitrogens with zero attached hydrogens (tertiary/aromatic N) is 3. The van der Waals surface area contributed by atoms with E-state index in [1.165, 1.54) is 0 Å². The Morgan fingerprint density at radius 1 is 1.38 bits per heavy atom. The zero-order valence-electron chi connectivity index (χ0n) is 14.4. The van der Waals surface area contributed by atoms with E-state index in [1.54, 1.807) is 36.0 Å². The monoisotopic (exact) mass is 330 g/mol. The molecule has 0 spiro atoms. The Hall–Kier alpha value is -2.70. The number of carbonyl (C=O) groups is 1. The van der Waals surface area contributed by atoms with E-state index in [0.717, 1.165) is 17.1 Å². The van der Waals surface area contributed by atoms with Crippen LogP contribution in [0.5, 0.6) is 11.5 Å². The first-order valence-corrected chi connectivity index (χ1v) is 7.78. The van der Waals surface area contributed by atoms with Gasteiger partial charge in [-0.2, -0.15) is 5.10 Å². The molecule has 0 fully saturated rings. The molecule has 128 valence electrons. The van der Waals surface area contributed by atoms with Gasteiger partial charge < -0.3 is 14.4 Å². The molecule has 1 aromatic carbocycles. The molecule has 2 heterocycles. The van der Waals surface area contributed by atoms with Crippen LogP contribution in [0.1, 0.15) is 19.4 Å². The number of aryl methyl sites for hydroxylation is 1. The number of hydrogen-bond donors (Lipinski definition) is 1. The molecule has 1 aliphatic heterocycles. The van der Waals surface area contributed by atoms with Crippen LogP contribution < -0.4 is 14.8 Å². The summed E-state index contributed by atoms with van der Waals surface area (Å²) in [4.78, 5) is 14.4. The highest BCUT2D eigenvalue weighted by Crippen LogP contribution is 2.32. The lowest BCUT2D eigenvalue weighted by atomic mass is 10.1. The number of rotatable bonds is 2. The lowest BCUT2D eigenvalue weighted by molar-refractivity contribution is 0.0832. The maximum absolute atomic E-state index is 12.7. The van der Waals surface area contributed by atoms with Gasteiger partial charge in [-0.05, 0) is 26.0 Å². The molecular weight excluding hydrogens is 308 g/mol. The number of fused-ring (bicyclic) bond motifs is 1. The Labute approximate surface area is 141 Å². The van der Waals surface area contributed by atoms with Gasteiger partial charge in [0.15, 0.2) is 0 Å². The Balaban J connectivity index is 1.86. The Morgan fingerprint density at radius 2 is 2.17 bits per heavy atom. The number of nitrogens with one attached hydrogen (secondary N) is 1. The molecule has 2 amide bonds. The predicted octanol–water partition coefficient (Wildman–Crippen LogP) is 2.63. The lowest BCUT2D eigenvalue weighted by Gasteiger charge is -2.29. The first-order chi connectivity index (χ1) is 11.4. The third kappa shape index (κ3) is 3.29. The SMILES string of the molecule is COc1ccc2c(c1)OC(C)(C)CN(C(=O)Nc1ccnn1C)C2. The van der Waals surface area contributed by atoms with Crippen LogP contribution in [0.2, 0.25) is 0 Å². The molecule has 1 N–H and O–H groups in total. The van der Waals surface area contributed by atoms with E-state index >= 15 is 0 Å². The molecule has 24 heavy (non-hydrogen) atoms. The predicted molar refractivity (Wildman–Crippen MR) is 90.3 cm³/mol. The third-order valence-corrected chi connectivity index (χ3v) is 3.94. The van der Waals surface area contributed by atoms with Crippen molar-refractivity contribution >= 4 is 11.8 Å². The van der Waals surface area contributed by atoms with E-state index in [1.807, 2.05) is 32.0 Å². The number of anilines is 1. The van der Waals surface area contributed by atoms with Crippen molar-refractivity contribution in [2.45, 2.75) is 26.0 Å². The van der Waals surface area contributed by atoms with Crippen molar-refractivity contribution in [1.82, 2.24) is 14.7 Å². The summed E-state index contributed by atoms with van der Waals surface area (Å²) in [7, 11) is 3.41. The first-order valence-electron chi connectivity index (χ1n) is 7.78. The second-order valence-electron chi connectivity index (χ2n) is 6.46. The van der Waals surface area contributed by atoms with Crippen molar-refractivity contribution < 1.29 is 14.3 Å². The zero-order valence-corrected chi connectivity index (χ0v) is 14.4. The highest BCUT2D eigenvalue weighted by Gasteiger charge is 2.32. The number of hydrogen-bond acceptors (Lipinski definition) is 4. The van der Waals surface area contributed by atoms with Crippen LogP contribution in [-0.4, -0.2) is 40.0 Å². The number of methoxy groups -OCH3 is 1. The molecule has 1 aromatic heterocycles. The summed E-state index contributed by atoms with van der Waals surface area (Å²) >= 11 is 0. The van der Waals surface area contributed by atoms with Gasteiger partial charge in [0, 0.05) is 24.7 Å². The number of aromatic nitrogens is 2. The quantitative estimate of drug-likeness (QED) is 0.919. The summed E-state index contributed by atoms with van der Waals surface area (Å²) < 4.78 is 13.0. The third-order valence-electron chi connectivity index (χ3n) is 3.94. The van der Waals surface area contributed by atoms with Crippen LogP contribution in [0.15, 0.2) is 30.5 Å². The highest BCUT2D eigenvalue weighted by atomic mass is 16.5. The molecule has 0 bridgehead atoms. The minimum Gasteiger partial charge on any atom is -0.497 e. The van der Waals surface area contributed by atoms with E-state index in [-0.39, 0.29) is 6.03 Å². The van der Waals surface area contributed by atoms with E-state index < -0.39 is 5.60 Å². The molecule has 0 saturated heterocycles. The van der Waals surface area contributed by atoms with Crippen LogP contribution in [0, 0.1) is 0 Å². The maximum Gasteiger partial charge on any atom is 0.323 e. The average molecular weight is 330 g/mol. The van der Waals surface area contributed by atoms with Gasteiger partial charge in [-0.1, -0.05) is 0 Å². The van der Waals surface area contributed by atoms with Crippen LogP contribution in [0.4, 0.5) is 10.6 Å². The van der Waals surface area contributed by atoms with Gasteiger partial charge in [0.05, 0.1) is 26.4 Å². The summed E-state index contributed by atoms with van der Waals surface area (Å²) in [5.74, 6) is 2.13. The van der Waals surface area contributed by atoms with Crippen molar-refractivity contribution in [1.29, 1.82) is 0 Å². The zero-order chi connectivity index (χ0) is 17.3. The van der Waals surface area contributed by atoms with Crippen LogP contribution in [-0.2, 0) is 13.6 Å². The van der Waals surface area contributed by atoms with E-state index in [4.69, 9.17) is 9.47 Å². The Bertz CT molecular complexity index is 754. The standard InChI is InChI=1S/C17H22N4O3/c1-17(2)11-21(16(22)19-15-7-8-18-20(15)3)10-12-5-6-13(23-4)9-14(12)24-17/h5-9H,10-11H2,1-4H3,(H,19,22). The number of carbonyl (C=O) groups excluding carboxylic acids is 1. The van der Waals surface area contributed by atoms with Crippen molar-refractivity contribution in [3.05, 3.63) is 36.0 Å². The van der Waals surface area contributed by atoms with Gasteiger partial charge in [0.2, 0.25) is 0 Å². The average Bonchev–Trinajstić information content (AvgIpc) is 2.86. The highest BCUT2D eigenvalue weighted by molar-refractivity contribution is 5.88. The minimum atomic E-state index is -0.512. The van der Waals surface area contributed by atoms with Crippen LogP contribution in [0.3, 0.4) is 0 Å². The van der Waals surface area contributed by atoms with E-state index in [2.05, 4.69) is 10.4 Å². The number of amides is 2. The van der Waals surface area contributed by atoms with Gasteiger partial charge in [0.25, 0.3) is 0 Å². The van der Waals surface area contributed by atoms with Crippen LogP contribution >= 0.6 is 0 Å². The summed E-state index contributed by atoms with van der Waals surface area (Å²) in [6.45, 7) is 4.86. The Morgan fingerprint density at radius 3 is 2.83 bits per heavy atom. The number of urea groups is 1. The molecule has 7 heteroatoms. The largest absolute Gasteiger partial charge is 0.497 e. The fourth-order valence-corrected chi connectivity index (χ4v) is 2.77. The van der Waals surface area contributed by atoms with Gasteiger partial charge in [-0.25, -0.2) is 4.79 Å². The molecule has 0 radical (unpaired) electrons. The molecule has 0 saturated carbocycles. The normalized spacial score (nSPS) is 15.9.